The highest BCUT2D eigenvalue weighted by molar-refractivity contribution is 7.91. The number of rotatable bonds is 5. The van der Waals surface area contributed by atoms with Crippen LogP contribution in [0.4, 0.5) is 5.69 Å². The zero-order chi connectivity index (χ0) is 17.3. The normalized spacial score (nSPS) is 18.2. The summed E-state index contributed by atoms with van der Waals surface area (Å²) in [6, 6.07) is 9.25. The highest BCUT2D eigenvalue weighted by atomic mass is 32.2. The molecule has 0 radical (unpaired) electrons. The fourth-order valence-electron chi connectivity index (χ4n) is 2.91. The van der Waals surface area contributed by atoms with Gasteiger partial charge in [-0.2, -0.15) is 13.1 Å². The number of hydrogen-bond donors (Lipinski definition) is 3. The Morgan fingerprint density at radius 2 is 2.04 bits per heavy atom. The Balaban J connectivity index is 1.95. The number of nitrogens with one attached hydrogen (secondary N) is 1. The molecule has 3 rings (SSSR count). The van der Waals surface area contributed by atoms with Gasteiger partial charge in [0.1, 0.15) is 5.75 Å². The molecule has 2 aromatic rings. The SMILES string of the molecule is CC(CO)CCc1ccc2cc(O)c(N3CCNS3(=O)=O)cc2c1. The Morgan fingerprint density at radius 1 is 1.25 bits per heavy atom. The van der Waals surface area contributed by atoms with Gasteiger partial charge in [0.25, 0.3) is 0 Å². The fourth-order valence-corrected chi connectivity index (χ4v) is 4.15. The van der Waals surface area contributed by atoms with E-state index in [0.29, 0.717) is 18.8 Å². The number of phenolic OH excluding ortho intramolecular Hbond substituents is 1. The molecule has 0 bridgehead atoms. The molecule has 1 unspecified atom stereocenters. The second kappa shape index (κ2) is 6.58. The summed E-state index contributed by atoms with van der Waals surface area (Å²) >= 11 is 0. The predicted octanol–water partition coefficient (Wildman–Crippen LogP) is 1.76. The number of aliphatic hydroxyl groups excluding tert-OH is 1. The molecule has 0 saturated carbocycles. The highest BCUT2D eigenvalue weighted by Gasteiger charge is 2.30. The molecule has 130 valence electrons. The van der Waals surface area contributed by atoms with Crippen LogP contribution in [0, 0.1) is 5.92 Å². The minimum atomic E-state index is -3.57. The monoisotopic (exact) mass is 350 g/mol. The third-order valence-electron chi connectivity index (χ3n) is 4.39. The van der Waals surface area contributed by atoms with E-state index in [1.807, 2.05) is 25.1 Å². The summed E-state index contributed by atoms with van der Waals surface area (Å²) in [5.41, 5.74) is 1.43. The minimum absolute atomic E-state index is 0.0450. The molecule has 1 aliphatic rings. The van der Waals surface area contributed by atoms with Crippen LogP contribution in [0.3, 0.4) is 0 Å². The summed E-state index contributed by atoms with van der Waals surface area (Å²) in [6.07, 6.45) is 1.73. The van der Waals surface area contributed by atoms with Gasteiger partial charge in [-0.1, -0.05) is 25.1 Å². The molecule has 1 saturated heterocycles. The van der Waals surface area contributed by atoms with Gasteiger partial charge in [-0.25, -0.2) is 0 Å². The van der Waals surface area contributed by atoms with Gasteiger partial charge in [0.05, 0.1) is 5.69 Å². The molecule has 1 aliphatic heterocycles. The van der Waals surface area contributed by atoms with Gasteiger partial charge in [-0.15, -0.1) is 0 Å². The van der Waals surface area contributed by atoms with Gasteiger partial charge in [-0.05, 0) is 47.2 Å². The quantitative estimate of drug-likeness (QED) is 0.766. The van der Waals surface area contributed by atoms with Gasteiger partial charge in [0.2, 0.25) is 0 Å². The van der Waals surface area contributed by atoms with Gasteiger partial charge < -0.3 is 10.2 Å². The van der Waals surface area contributed by atoms with Gasteiger partial charge >= 0.3 is 10.2 Å². The number of fused-ring (bicyclic) bond motifs is 1. The molecule has 2 aromatic carbocycles. The van der Waals surface area contributed by atoms with Crippen LogP contribution >= 0.6 is 0 Å². The van der Waals surface area contributed by atoms with Crippen molar-refractivity contribution in [3.05, 3.63) is 35.9 Å². The lowest BCUT2D eigenvalue weighted by Crippen LogP contribution is -2.29. The zero-order valence-electron chi connectivity index (χ0n) is 13.6. The number of nitrogens with zero attached hydrogens (tertiary/aromatic N) is 1. The average molecular weight is 350 g/mol. The van der Waals surface area contributed by atoms with Crippen molar-refractivity contribution in [2.75, 3.05) is 24.0 Å². The smallest absolute Gasteiger partial charge is 0.301 e. The van der Waals surface area contributed by atoms with Crippen molar-refractivity contribution in [2.45, 2.75) is 19.8 Å². The Kier molecular flexibility index (Phi) is 4.67. The molecule has 6 nitrogen and oxygen atoms in total. The van der Waals surface area contributed by atoms with Crippen LogP contribution in [-0.4, -0.2) is 38.3 Å². The van der Waals surface area contributed by atoms with Crippen LogP contribution in [0.2, 0.25) is 0 Å². The van der Waals surface area contributed by atoms with Crippen LogP contribution in [0.15, 0.2) is 30.3 Å². The fraction of sp³-hybridized carbons (Fsp3) is 0.412. The number of phenols is 1. The van der Waals surface area contributed by atoms with Crippen molar-refractivity contribution in [1.29, 1.82) is 0 Å². The Morgan fingerprint density at radius 3 is 2.71 bits per heavy atom. The Labute approximate surface area is 141 Å². The molecular weight excluding hydrogens is 328 g/mol. The topological polar surface area (TPSA) is 89.9 Å². The largest absolute Gasteiger partial charge is 0.506 e. The molecule has 1 atom stereocenters. The van der Waals surface area contributed by atoms with Crippen molar-refractivity contribution >= 4 is 26.7 Å². The van der Waals surface area contributed by atoms with Crippen LogP contribution in [0.25, 0.3) is 10.8 Å². The number of aromatic hydroxyl groups is 1. The van der Waals surface area contributed by atoms with Crippen molar-refractivity contribution in [3.8, 4) is 5.75 Å². The summed E-state index contributed by atoms with van der Waals surface area (Å²) in [4.78, 5) is 0. The van der Waals surface area contributed by atoms with Gasteiger partial charge in [0, 0.05) is 19.7 Å². The molecular formula is C17H22N2O4S. The van der Waals surface area contributed by atoms with E-state index in [0.717, 1.165) is 29.2 Å². The summed E-state index contributed by atoms with van der Waals surface area (Å²) in [6.45, 7) is 2.81. The van der Waals surface area contributed by atoms with E-state index in [-0.39, 0.29) is 18.3 Å². The molecule has 7 heteroatoms. The second-order valence-corrected chi connectivity index (χ2v) is 8.00. The number of hydrogen-bond acceptors (Lipinski definition) is 4. The molecule has 1 heterocycles. The molecule has 0 spiro atoms. The first-order chi connectivity index (χ1) is 11.4. The van der Waals surface area contributed by atoms with E-state index in [1.165, 1.54) is 4.31 Å². The van der Waals surface area contributed by atoms with E-state index in [9.17, 15) is 13.5 Å². The number of aliphatic hydroxyl groups is 1. The maximum absolute atomic E-state index is 12.0. The Hall–Kier alpha value is -1.83. The molecule has 0 amide bonds. The number of anilines is 1. The van der Waals surface area contributed by atoms with Gasteiger partial charge in [0.15, 0.2) is 0 Å². The Bertz CT molecular complexity index is 851. The van der Waals surface area contributed by atoms with Crippen molar-refractivity contribution in [1.82, 2.24) is 4.72 Å². The maximum atomic E-state index is 12.0. The summed E-state index contributed by atoms with van der Waals surface area (Å²) < 4.78 is 27.6. The summed E-state index contributed by atoms with van der Waals surface area (Å²) in [5, 5.41) is 21.1. The zero-order valence-corrected chi connectivity index (χ0v) is 14.4. The third-order valence-corrected chi connectivity index (χ3v) is 5.92. The van der Waals surface area contributed by atoms with Crippen LogP contribution in [0.1, 0.15) is 18.9 Å². The molecule has 3 N–H and O–H groups in total. The minimum Gasteiger partial charge on any atom is -0.506 e. The predicted molar refractivity (Wildman–Crippen MR) is 94.5 cm³/mol. The lowest BCUT2D eigenvalue weighted by Gasteiger charge is -2.18. The summed E-state index contributed by atoms with van der Waals surface area (Å²) in [5.74, 6) is 0.202. The van der Waals surface area contributed by atoms with Crippen molar-refractivity contribution in [3.63, 3.8) is 0 Å². The van der Waals surface area contributed by atoms with Crippen LogP contribution in [-0.2, 0) is 16.6 Å². The van der Waals surface area contributed by atoms with E-state index in [4.69, 9.17) is 5.11 Å². The van der Waals surface area contributed by atoms with Crippen LogP contribution < -0.4 is 9.03 Å². The number of benzene rings is 2. The number of aryl methyl sites for hydroxylation is 1. The molecule has 0 aromatic heterocycles. The average Bonchev–Trinajstić information content (AvgIpc) is 2.91. The van der Waals surface area contributed by atoms with E-state index < -0.39 is 10.2 Å². The van der Waals surface area contributed by atoms with E-state index in [2.05, 4.69) is 4.72 Å². The molecule has 1 fully saturated rings. The maximum Gasteiger partial charge on any atom is 0.301 e. The molecule has 0 aliphatic carbocycles. The lowest BCUT2D eigenvalue weighted by molar-refractivity contribution is 0.230. The first-order valence-electron chi connectivity index (χ1n) is 8.04. The van der Waals surface area contributed by atoms with Crippen molar-refractivity contribution < 1.29 is 18.6 Å². The third kappa shape index (κ3) is 3.33. The highest BCUT2D eigenvalue weighted by Crippen LogP contribution is 2.35. The lowest BCUT2D eigenvalue weighted by atomic mass is 9.99. The first-order valence-corrected chi connectivity index (χ1v) is 9.48. The van der Waals surface area contributed by atoms with E-state index in [1.54, 1.807) is 12.1 Å². The first kappa shape index (κ1) is 17.0. The van der Waals surface area contributed by atoms with Gasteiger partial charge in [-0.3, -0.25) is 4.31 Å². The molecule has 24 heavy (non-hydrogen) atoms. The van der Waals surface area contributed by atoms with Crippen molar-refractivity contribution in [2.24, 2.45) is 5.92 Å². The summed E-state index contributed by atoms with van der Waals surface area (Å²) in [7, 11) is -3.57. The van der Waals surface area contributed by atoms with E-state index >= 15 is 0 Å². The second-order valence-electron chi connectivity index (χ2n) is 6.32. The standard InChI is InChI=1S/C17H22N2O4S/c1-12(11-20)2-3-13-4-5-14-10-17(21)16(9-15(14)8-13)19-7-6-18-24(19,22)23/h4-5,8-10,12,18,20-21H,2-3,6-7,11H2,1H3. The van der Waals surface area contributed by atoms with Crippen LogP contribution in [0.5, 0.6) is 5.75 Å².